The van der Waals surface area contributed by atoms with Crippen LogP contribution in [-0.4, -0.2) is 19.1 Å². The monoisotopic (exact) mass is 260 g/mol. The maximum atomic E-state index is 3.73. The summed E-state index contributed by atoms with van der Waals surface area (Å²) in [6, 6.07) is 9.64. The molecule has 1 N–H and O–H groups in total. The zero-order valence-electron chi connectivity index (χ0n) is 12.7. The van der Waals surface area contributed by atoms with Crippen molar-refractivity contribution in [1.29, 1.82) is 0 Å². The lowest BCUT2D eigenvalue weighted by Crippen LogP contribution is -2.24. The number of benzene rings is 1. The maximum absolute atomic E-state index is 3.73. The number of nitrogens with one attached hydrogen (secondary N) is 1. The summed E-state index contributed by atoms with van der Waals surface area (Å²) >= 11 is 0. The van der Waals surface area contributed by atoms with Gasteiger partial charge in [0.1, 0.15) is 0 Å². The van der Waals surface area contributed by atoms with Gasteiger partial charge in [0.25, 0.3) is 0 Å². The van der Waals surface area contributed by atoms with Gasteiger partial charge in [0, 0.05) is 30.5 Å². The highest BCUT2D eigenvalue weighted by Crippen LogP contribution is 2.31. The molecule has 2 heteroatoms. The Labute approximate surface area is 118 Å². The molecule has 0 aromatic heterocycles. The average molecular weight is 260 g/mol. The maximum Gasteiger partial charge on any atom is 0.0367 e. The lowest BCUT2D eigenvalue weighted by molar-refractivity contribution is 0.489. The van der Waals surface area contributed by atoms with Crippen LogP contribution >= 0.6 is 0 Å². The lowest BCUT2D eigenvalue weighted by atomic mass is 10.0. The Morgan fingerprint density at radius 1 is 1.05 bits per heavy atom. The minimum atomic E-state index is 0.685. The van der Waals surface area contributed by atoms with E-state index >= 15 is 0 Å². The zero-order chi connectivity index (χ0) is 13.7. The smallest absolute Gasteiger partial charge is 0.0367 e. The quantitative estimate of drug-likeness (QED) is 0.808. The first-order valence-electron chi connectivity index (χ1n) is 7.90. The van der Waals surface area contributed by atoms with Crippen LogP contribution in [0.2, 0.25) is 0 Å². The second-order valence-electron chi connectivity index (χ2n) is 5.57. The molecule has 1 aliphatic rings. The summed E-state index contributed by atoms with van der Waals surface area (Å²) in [4.78, 5) is 2.38. The number of anilines is 2. The molecule has 0 amide bonds. The van der Waals surface area contributed by atoms with Gasteiger partial charge in [0.2, 0.25) is 0 Å². The van der Waals surface area contributed by atoms with Gasteiger partial charge in [0.05, 0.1) is 0 Å². The summed E-state index contributed by atoms with van der Waals surface area (Å²) in [5, 5.41) is 3.73. The summed E-state index contributed by atoms with van der Waals surface area (Å²) in [5.74, 6) is 0.863. The highest BCUT2D eigenvalue weighted by molar-refractivity contribution is 5.55. The van der Waals surface area contributed by atoms with Crippen molar-refractivity contribution in [3.63, 3.8) is 0 Å². The molecule has 1 aliphatic carbocycles. The molecule has 2 unspecified atom stereocenters. The van der Waals surface area contributed by atoms with Crippen molar-refractivity contribution in [2.24, 2.45) is 5.92 Å². The van der Waals surface area contributed by atoms with Crippen LogP contribution < -0.4 is 10.2 Å². The normalized spacial score (nSPS) is 22.5. The van der Waals surface area contributed by atoms with Crippen LogP contribution in [0.15, 0.2) is 24.3 Å². The van der Waals surface area contributed by atoms with Crippen molar-refractivity contribution in [3.8, 4) is 0 Å². The number of hydrogen-bond acceptors (Lipinski definition) is 2. The Morgan fingerprint density at radius 3 is 2.32 bits per heavy atom. The van der Waals surface area contributed by atoms with E-state index in [9.17, 15) is 0 Å². The van der Waals surface area contributed by atoms with E-state index in [0.717, 1.165) is 19.0 Å². The van der Waals surface area contributed by atoms with Gasteiger partial charge >= 0.3 is 0 Å². The number of nitrogens with zero attached hydrogens (tertiary/aromatic N) is 1. The fourth-order valence-corrected chi connectivity index (χ4v) is 3.29. The number of rotatable bonds is 6. The van der Waals surface area contributed by atoms with Crippen LogP contribution in [-0.2, 0) is 0 Å². The second-order valence-corrected chi connectivity index (χ2v) is 5.57. The van der Waals surface area contributed by atoms with Crippen LogP contribution in [0.1, 0.15) is 46.5 Å². The van der Waals surface area contributed by atoms with Crippen LogP contribution in [0.4, 0.5) is 11.4 Å². The average Bonchev–Trinajstić information content (AvgIpc) is 2.89. The molecule has 0 radical (unpaired) electrons. The molecule has 2 rings (SSSR count). The second kappa shape index (κ2) is 6.83. The third-order valence-corrected chi connectivity index (χ3v) is 4.53. The third kappa shape index (κ3) is 3.43. The molecule has 0 spiro atoms. The Morgan fingerprint density at radius 2 is 1.74 bits per heavy atom. The van der Waals surface area contributed by atoms with Gasteiger partial charge in [0.15, 0.2) is 0 Å². The summed E-state index contributed by atoms with van der Waals surface area (Å²) in [6.45, 7) is 8.88. The third-order valence-electron chi connectivity index (χ3n) is 4.53. The van der Waals surface area contributed by atoms with Gasteiger partial charge in [-0.05, 0) is 56.9 Å². The largest absolute Gasteiger partial charge is 0.382 e. The minimum absolute atomic E-state index is 0.685. The van der Waals surface area contributed by atoms with Gasteiger partial charge < -0.3 is 10.2 Å². The predicted octanol–water partition coefficient (Wildman–Crippen LogP) is 4.52. The van der Waals surface area contributed by atoms with E-state index in [1.54, 1.807) is 0 Å². The first-order valence-corrected chi connectivity index (χ1v) is 7.90. The van der Waals surface area contributed by atoms with Crippen molar-refractivity contribution in [1.82, 2.24) is 0 Å². The zero-order valence-corrected chi connectivity index (χ0v) is 12.7. The molecule has 2 nitrogen and oxygen atoms in total. The topological polar surface area (TPSA) is 15.3 Å². The molecule has 0 heterocycles. The SMILES string of the molecule is CCC1CCCC1Nc1ccc(N(CC)CC)cc1. The van der Waals surface area contributed by atoms with E-state index in [1.807, 2.05) is 0 Å². The fourth-order valence-electron chi connectivity index (χ4n) is 3.29. The molecule has 1 fully saturated rings. The van der Waals surface area contributed by atoms with Crippen molar-refractivity contribution in [2.75, 3.05) is 23.3 Å². The van der Waals surface area contributed by atoms with Gasteiger partial charge in [-0.2, -0.15) is 0 Å². The Hall–Kier alpha value is -1.18. The summed E-state index contributed by atoms with van der Waals surface area (Å²) in [6.07, 6.45) is 5.41. The van der Waals surface area contributed by atoms with Crippen LogP contribution in [0.3, 0.4) is 0 Å². The van der Waals surface area contributed by atoms with Gasteiger partial charge in [-0.25, -0.2) is 0 Å². The van der Waals surface area contributed by atoms with Crippen LogP contribution in [0, 0.1) is 5.92 Å². The first kappa shape index (κ1) is 14.2. The fraction of sp³-hybridized carbons (Fsp3) is 0.647. The van der Waals surface area contributed by atoms with Crippen LogP contribution in [0.25, 0.3) is 0 Å². The Kier molecular flexibility index (Phi) is 5.12. The molecule has 1 aromatic rings. The van der Waals surface area contributed by atoms with E-state index in [0.29, 0.717) is 6.04 Å². The van der Waals surface area contributed by atoms with Crippen LogP contribution in [0.5, 0.6) is 0 Å². The Bertz CT molecular complexity index is 367. The molecule has 0 saturated heterocycles. The molecule has 106 valence electrons. The predicted molar refractivity (Wildman–Crippen MR) is 85.0 cm³/mol. The van der Waals surface area contributed by atoms with E-state index in [1.165, 1.54) is 37.1 Å². The van der Waals surface area contributed by atoms with Crippen molar-refractivity contribution >= 4 is 11.4 Å². The minimum Gasteiger partial charge on any atom is -0.382 e. The lowest BCUT2D eigenvalue weighted by Gasteiger charge is -2.23. The van der Waals surface area contributed by atoms with Crippen molar-refractivity contribution in [2.45, 2.75) is 52.5 Å². The van der Waals surface area contributed by atoms with E-state index in [2.05, 4.69) is 55.3 Å². The molecular formula is C17H28N2. The highest BCUT2D eigenvalue weighted by Gasteiger charge is 2.25. The summed E-state index contributed by atoms with van der Waals surface area (Å²) in [5.41, 5.74) is 2.61. The molecular weight excluding hydrogens is 232 g/mol. The van der Waals surface area contributed by atoms with Crippen molar-refractivity contribution in [3.05, 3.63) is 24.3 Å². The standard InChI is InChI=1S/C17H28N2/c1-4-14-8-7-9-17(14)18-15-10-12-16(13-11-15)19(5-2)6-3/h10-14,17-18H,4-9H2,1-3H3. The van der Waals surface area contributed by atoms with E-state index < -0.39 is 0 Å². The number of hydrogen-bond donors (Lipinski definition) is 1. The van der Waals surface area contributed by atoms with Gasteiger partial charge in [-0.1, -0.05) is 19.8 Å². The first-order chi connectivity index (χ1) is 9.28. The molecule has 0 bridgehead atoms. The molecule has 19 heavy (non-hydrogen) atoms. The summed E-state index contributed by atoms with van der Waals surface area (Å²) < 4.78 is 0. The molecule has 1 saturated carbocycles. The van der Waals surface area contributed by atoms with E-state index in [-0.39, 0.29) is 0 Å². The van der Waals surface area contributed by atoms with Gasteiger partial charge in [-0.15, -0.1) is 0 Å². The van der Waals surface area contributed by atoms with E-state index in [4.69, 9.17) is 0 Å². The van der Waals surface area contributed by atoms with Crippen molar-refractivity contribution < 1.29 is 0 Å². The highest BCUT2D eigenvalue weighted by atomic mass is 15.1. The molecule has 0 aliphatic heterocycles. The van der Waals surface area contributed by atoms with Gasteiger partial charge in [-0.3, -0.25) is 0 Å². The molecule has 2 atom stereocenters. The Balaban J connectivity index is 1.98. The molecule has 1 aromatic carbocycles. The summed E-state index contributed by atoms with van der Waals surface area (Å²) in [7, 11) is 0.